The summed E-state index contributed by atoms with van der Waals surface area (Å²) in [5, 5.41) is 69.3. The first-order chi connectivity index (χ1) is 22.0. The summed E-state index contributed by atoms with van der Waals surface area (Å²) < 4.78 is 21.0. The number of benzene rings is 1. The minimum Gasteiger partial charge on any atom is -0.504 e. The van der Waals surface area contributed by atoms with Crippen LogP contribution in [0.15, 0.2) is 24.0 Å². The van der Waals surface area contributed by atoms with Crippen LogP contribution in [0, 0.1) is 0 Å². The Bertz CT molecular complexity index is 1570. The standard InChI is InChI=1S/C29H31NO17/c1-30-7-6-28-19-11-2-3-12(31)22(19)47-23(28)13(4-5-29(28,43)16(30)8-11)44-18(34)10-15(46-27(42)21(36)20(35)25(39)40)26(41)45-14(24(37)38)9-17(32)33/h2-4,14-16,20-21,23,31,35-36,43H,5-10H2,1H3,(H,32,33)(H,37,38)(H,39,40)/t14?,15?,16-,20-,21-,23+,28+,29-/m1/s1. The molecule has 18 nitrogen and oxygen atoms in total. The van der Waals surface area contributed by atoms with Crippen molar-refractivity contribution in [2.75, 3.05) is 13.6 Å². The fourth-order valence-corrected chi connectivity index (χ4v) is 6.96. The summed E-state index contributed by atoms with van der Waals surface area (Å²) in [5.74, 6) is -10.9. The molecule has 47 heavy (non-hydrogen) atoms. The molecule has 2 aliphatic heterocycles. The number of aromatic hydroxyl groups is 1. The van der Waals surface area contributed by atoms with E-state index in [1.54, 1.807) is 6.07 Å². The van der Waals surface area contributed by atoms with Crippen LogP contribution in [-0.2, 0) is 54.8 Å². The van der Waals surface area contributed by atoms with Gasteiger partial charge < -0.3 is 59.6 Å². The molecule has 1 aromatic carbocycles. The third-order valence-corrected chi connectivity index (χ3v) is 9.15. The first-order valence-electron chi connectivity index (χ1n) is 14.3. The number of carboxylic acids is 3. The number of ether oxygens (including phenoxy) is 4. The number of hydrogen-bond acceptors (Lipinski definition) is 15. The number of aliphatic carboxylic acids is 3. The highest BCUT2D eigenvalue weighted by molar-refractivity contribution is 5.90. The third-order valence-electron chi connectivity index (χ3n) is 9.15. The van der Waals surface area contributed by atoms with Crippen LogP contribution in [0.25, 0.3) is 0 Å². The van der Waals surface area contributed by atoms with E-state index in [-0.39, 0.29) is 29.7 Å². The van der Waals surface area contributed by atoms with Crippen LogP contribution in [0.4, 0.5) is 0 Å². The van der Waals surface area contributed by atoms with Gasteiger partial charge in [0.15, 0.2) is 29.8 Å². The number of rotatable bonds is 12. The number of carboxylic acid groups (broad SMARTS) is 3. The second kappa shape index (κ2) is 12.1. The lowest BCUT2D eigenvalue weighted by molar-refractivity contribution is -0.187. The SMILES string of the molecule is CN1CC[C@]23c4c5ccc(O)c4O[C@H]2C(OC(=O)CC(OC(=O)[C@H](O)[C@@H](O)C(=O)O)C(=O)OC(CC(=O)O)C(=O)O)=CC[C@@]3(O)[C@H]1C5. The second-order valence-electron chi connectivity index (χ2n) is 11.8. The molecule has 2 heterocycles. The summed E-state index contributed by atoms with van der Waals surface area (Å²) in [7, 11) is 1.87. The van der Waals surface area contributed by atoms with Gasteiger partial charge in [-0.05, 0) is 44.1 Å². The normalized spacial score (nSPS) is 27.9. The zero-order valence-electron chi connectivity index (χ0n) is 24.6. The molecule has 8 atom stereocenters. The Hall–Kier alpha value is -4.78. The summed E-state index contributed by atoms with van der Waals surface area (Å²) in [5.41, 5.74) is -1.18. The van der Waals surface area contributed by atoms with Gasteiger partial charge in [-0.25, -0.2) is 19.2 Å². The monoisotopic (exact) mass is 665 g/mol. The highest BCUT2D eigenvalue weighted by atomic mass is 16.6. The molecule has 1 aromatic rings. The molecule has 1 saturated heterocycles. The molecule has 4 aliphatic rings. The third kappa shape index (κ3) is 5.52. The molecule has 0 aromatic heterocycles. The van der Waals surface area contributed by atoms with Crippen LogP contribution in [0.3, 0.4) is 0 Å². The van der Waals surface area contributed by atoms with E-state index in [4.69, 9.17) is 24.4 Å². The molecule has 5 rings (SSSR count). The maximum Gasteiger partial charge on any atom is 0.348 e. The first-order valence-corrected chi connectivity index (χ1v) is 14.3. The molecule has 0 saturated carbocycles. The smallest absolute Gasteiger partial charge is 0.348 e. The lowest BCUT2D eigenvalue weighted by Gasteiger charge is -2.61. The predicted molar refractivity (Wildman–Crippen MR) is 147 cm³/mol. The van der Waals surface area contributed by atoms with Crippen molar-refractivity contribution in [3.8, 4) is 11.5 Å². The van der Waals surface area contributed by atoms with Crippen molar-refractivity contribution in [3.63, 3.8) is 0 Å². The average Bonchev–Trinajstić information content (AvgIpc) is 3.36. The molecular weight excluding hydrogens is 634 g/mol. The van der Waals surface area contributed by atoms with Gasteiger partial charge in [0, 0.05) is 18.0 Å². The zero-order valence-corrected chi connectivity index (χ0v) is 24.6. The summed E-state index contributed by atoms with van der Waals surface area (Å²) in [4.78, 5) is 74.0. The molecule has 1 fully saturated rings. The zero-order chi connectivity index (χ0) is 34.6. The topological polar surface area (TPSA) is 284 Å². The fourth-order valence-electron chi connectivity index (χ4n) is 6.96. The Kier molecular flexibility index (Phi) is 8.65. The lowest BCUT2D eigenvalue weighted by Crippen LogP contribution is -2.74. The molecule has 2 aliphatic carbocycles. The molecule has 18 heteroatoms. The number of phenolic OH excluding ortho intramolecular Hbond substituents is 1. The van der Waals surface area contributed by atoms with Gasteiger partial charge in [0.05, 0.1) is 23.9 Å². The fraction of sp³-hybridized carbons (Fsp3) is 0.517. The Morgan fingerprint density at radius 3 is 2.30 bits per heavy atom. The van der Waals surface area contributed by atoms with Crippen LogP contribution < -0.4 is 4.74 Å². The highest BCUT2D eigenvalue weighted by Gasteiger charge is 2.72. The number of aliphatic hydroxyl groups is 3. The van der Waals surface area contributed by atoms with E-state index in [0.717, 1.165) is 5.56 Å². The number of likely N-dealkylation sites (N-methyl/N-ethyl adjacent to an activating group) is 1. The number of carbonyl (C=O) groups excluding carboxylic acids is 3. The summed E-state index contributed by atoms with van der Waals surface area (Å²) in [6.45, 7) is 0.512. The Labute approximate surface area is 264 Å². The summed E-state index contributed by atoms with van der Waals surface area (Å²) >= 11 is 0. The maximum absolute atomic E-state index is 13.3. The van der Waals surface area contributed by atoms with Crippen molar-refractivity contribution in [1.29, 1.82) is 0 Å². The van der Waals surface area contributed by atoms with Crippen LogP contribution in [0.5, 0.6) is 11.5 Å². The molecule has 254 valence electrons. The molecule has 0 amide bonds. The number of aliphatic hydroxyl groups excluding tert-OH is 2. The van der Waals surface area contributed by atoms with Crippen molar-refractivity contribution in [2.45, 2.75) is 79.7 Å². The average molecular weight is 666 g/mol. The number of piperidine rings is 1. The number of nitrogens with zero attached hydrogens (tertiary/aromatic N) is 1. The van der Waals surface area contributed by atoms with Gasteiger partial charge >= 0.3 is 35.8 Å². The van der Waals surface area contributed by atoms with Crippen LogP contribution in [0.2, 0.25) is 0 Å². The quantitative estimate of drug-likeness (QED) is 0.0920. The summed E-state index contributed by atoms with van der Waals surface area (Å²) in [6, 6.07) is 2.82. The van der Waals surface area contributed by atoms with Gasteiger partial charge in [-0.15, -0.1) is 0 Å². The van der Waals surface area contributed by atoms with E-state index in [0.29, 0.717) is 24.9 Å². The Morgan fingerprint density at radius 1 is 0.979 bits per heavy atom. The minimum atomic E-state index is -2.76. The molecular formula is C29H31NO17. The lowest BCUT2D eigenvalue weighted by atomic mass is 9.50. The van der Waals surface area contributed by atoms with Gasteiger partial charge in [0.25, 0.3) is 0 Å². The highest BCUT2D eigenvalue weighted by Crippen LogP contribution is 2.65. The van der Waals surface area contributed by atoms with Crippen LogP contribution >= 0.6 is 0 Å². The van der Waals surface area contributed by atoms with Gasteiger partial charge in [-0.1, -0.05) is 6.07 Å². The molecule has 2 bridgehead atoms. The van der Waals surface area contributed by atoms with Gasteiger partial charge in [-0.3, -0.25) is 9.59 Å². The Balaban J connectivity index is 1.41. The van der Waals surface area contributed by atoms with Gasteiger partial charge in [-0.2, -0.15) is 0 Å². The number of carbonyl (C=O) groups is 6. The van der Waals surface area contributed by atoms with E-state index < -0.39 is 90.2 Å². The van der Waals surface area contributed by atoms with E-state index in [9.17, 15) is 54.3 Å². The van der Waals surface area contributed by atoms with E-state index in [1.165, 1.54) is 12.1 Å². The number of hydrogen-bond donors (Lipinski definition) is 7. The molecule has 2 unspecified atom stereocenters. The maximum atomic E-state index is 13.3. The van der Waals surface area contributed by atoms with Crippen molar-refractivity contribution in [2.24, 2.45) is 0 Å². The van der Waals surface area contributed by atoms with Gasteiger partial charge in [0.2, 0.25) is 12.2 Å². The van der Waals surface area contributed by atoms with Crippen LogP contribution in [0.1, 0.15) is 36.8 Å². The molecule has 0 radical (unpaired) electrons. The van der Waals surface area contributed by atoms with E-state index in [1.807, 2.05) is 11.9 Å². The first kappa shape index (κ1) is 33.6. The summed E-state index contributed by atoms with van der Waals surface area (Å²) in [6.07, 6.45) is -11.6. The largest absolute Gasteiger partial charge is 0.504 e. The van der Waals surface area contributed by atoms with Crippen molar-refractivity contribution >= 4 is 35.8 Å². The van der Waals surface area contributed by atoms with Crippen LogP contribution in [-0.4, -0.2) is 132 Å². The minimum absolute atomic E-state index is 0.0196. The number of esters is 3. The van der Waals surface area contributed by atoms with E-state index in [2.05, 4.69) is 4.74 Å². The van der Waals surface area contributed by atoms with E-state index >= 15 is 0 Å². The van der Waals surface area contributed by atoms with Gasteiger partial charge in [0.1, 0.15) is 5.76 Å². The number of likely N-dealkylation sites (tertiary alicyclic amines) is 1. The predicted octanol–water partition coefficient (Wildman–Crippen LogP) is -2.21. The van der Waals surface area contributed by atoms with Crippen molar-refractivity contribution in [1.82, 2.24) is 4.90 Å². The number of phenols is 1. The van der Waals surface area contributed by atoms with Crippen molar-refractivity contribution < 1.29 is 83.5 Å². The second-order valence-corrected chi connectivity index (χ2v) is 11.8. The molecule has 1 spiro atoms. The molecule has 7 N–H and O–H groups in total. The Morgan fingerprint density at radius 2 is 1.66 bits per heavy atom. The van der Waals surface area contributed by atoms with Crippen molar-refractivity contribution in [3.05, 3.63) is 35.1 Å².